The van der Waals surface area contributed by atoms with Crippen LogP contribution in [0.3, 0.4) is 0 Å². The maximum absolute atomic E-state index is 10.0. The van der Waals surface area contributed by atoms with E-state index in [0.717, 1.165) is 5.56 Å². The molecule has 4 heteroatoms. The zero-order valence-electron chi connectivity index (χ0n) is 11.1. The van der Waals surface area contributed by atoms with Crippen molar-refractivity contribution in [3.63, 3.8) is 0 Å². The first-order chi connectivity index (χ1) is 9.19. The molecule has 2 aromatic carbocycles. The molecule has 0 aliphatic rings. The van der Waals surface area contributed by atoms with Crippen LogP contribution in [0, 0.1) is 0 Å². The van der Waals surface area contributed by atoms with Crippen LogP contribution >= 0.6 is 0 Å². The normalized spacial score (nSPS) is 10.1. The number of ether oxygens (including phenoxy) is 3. The maximum Gasteiger partial charge on any atom is 0.161 e. The number of rotatable bonds is 4. The molecule has 0 aliphatic heterocycles. The zero-order chi connectivity index (χ0) is 13.8. The van der Waals surface area contributed by atoms with Crippen molar-refractivity contribution in [3.8, 4) is 34.1 Å². The number of phenolic OH excluding ortho intramolecular Hbond substituents is 1. The van der Waals surface area contributed by atoms with Gasteiger partial charge in [0, 0.05) is 11.6 Å². The number of hydrogen-bond donors (Lipinski definition) is 1. The Labute approximate surface area is 112 Å². The second kappa shape index (κ2) is 5.52. The van der Waals surface area contributed by atoms with Gasteiger partial charge in [-0.1, -0.05) is 6.07 Å². The molecule has 2 aromatic rings. The fourth-order valence-corrected chi connectivity index (χ4v) is 1.89. The number of hydrogen-bond acceptors (Lipinski definition) is 4. The molecule has 1 N–H and O–H groups in total. The SMILES string of the molecule is COc1ccc(-c2ccc(OC)c(OC)c2)c(O)c1. The third-order valence-electron chi connectivity index (χ3n) is 2.90. The fourth-order valence-electron chi connectivity index (χ4n) is 1.89. The van der Waals surface area contributed by atoms with Crippen molar-refractivity contribution < 1.29 is 19.3 Å². The summed E-state index contributed by atoms with van der Waals surface area (Å²) in [5.74, 6) is 2.04. The zero-order valence-corrected chi connectivity index (χ0v) is 11.1. The van der Waals surface area contributed by atoms with Gasteiger partial charge in [0.15, 0.2) is 11.5 Å². The van der Waals surface area contributed by atoms with E-state index >= 15 is 0 Å². The predicted octanol–water partition coefficient (Wildman–Crippen LogP) is 3.09. The summed E-state index contributed by atoms with van der Waals surface area (Å²) < 4.78 is 15.5. The second-order valence-corrected chi connectivity index (χ2v) is 3.95. The van der Waals surface area contributed by atoms with Crippen LogP contribution in [0.5, 0.6) is 23.0 Å². The average molecular weight is 260 g/mol. The van der Waals surface area contributed by atoms with E-state index in [1.807, 2.05) is 12.1 Å². The van der Waals surface area contributed by atoms with Gasteiger partial charge in [-0.3, -0.25) is 0 Å². The van der Waals surface area contributed by atoms with Crippen LogP contribution in [0.2, 0.25) is 0 Å². The number of aromatic hydroxyl groups is 1. The Morgan fingerprint density at radius 1 is 0.789 bits per heavy atom. The smallest absolute Gasteiger partial charge is 0.161 e. The van der Waals surface area contributed by atoms with E-state index in [9.17, 15) is 5.11 Å². The Morgan fingerprint density at radius 3 is 2.11 bits per heavy atom. The highest BCUT2D eigenvalue weighted by Gasteiger charge is 2.10. The molecule has 4 nitrogen and oxygen atoms in total. The first-order valence-electron chi connectivity index (χ1n) is 5.79. The fraction of sp³-hybridized carbons (Fsp3) is 0.200. The largest absolute Gasteiger partial charge is 0.507 e. The minimum absolute atomic E-state index is 0.159. The quantitative estimate of drug-likeness (QED) is 0.917. The maximum atomic E-state index is 10.0. The lowest BCUT2D eigenvalue weighted by atomic mass is 10.0. The molecule has 0 aromatic heterocycles. The van der Waals surface area contributed by atoms with Crippen molar-refractivity contribution >= 4 is 0 Å². The van der Waals surface area contributed by atoms with Crippen LogP contribution in [0.1, 0.15) is 0 Å². The summed E-state index contributed by atoms with van der Waals surface area (Å²) in [5, 5.41) is 10.0. The van der Waals surface area contributed by atoms with Gasteiger partial charge < -0.3 is 19.3 Å². The molecule has 0 saturated heterocycles. The van der Waals surface area contributed by atoms with Gasteiger partial charge in [0.2, 0.25) is 0 Å². The van der Waals surface area contributed by atoms with E-state index in [1.165, 1.54) is 0 Å². The van der Waals surface area contributed by atoms with Crippen LogP contribution in [0.15, 0.2) is 36.4 Å². The van der Waals surface area contributed by atoms with Crippen molar-refractivity contribution in [3.05, 3.63) is 36.4 Å². The molecule has 0 unspecified atom stereocenters. The Hall–Kier alpha value is -2.36. The molecule has 0 spiro atoms. The molecule has 0 fully saturated rings. The van der Waals surface area contributed by atoms with Gasteiger partial charge in [0.1, 0.15) is 11.5 Å². The number of benzene rings is 2. The third-order valence-corrected chi connectivity index (χ3v) is 2.90. The van der Waals surface area contributed by atoms with Crippen molar-refractivity contribution in [1.82, 2.24) is 0 Å². The lowest BCUT2D eigenvalue weighted by Gasteiger charge is -2.11. The number of methoxy groups -OCH3 is 3. The summed E-state index contributed by atoms with van der Waals surface area (Å²) in [7, 11) is 4.72. The van der Waals surface area contributed by atoms with Crippen LogP contribution in [0.4, 0.5) is 0 Å². The van der Waals surface area contributed by atoms with Crippen LogP contribution in [-0.2, 0) is 0 Å². The summed E-state index contributed by atoms with van der Waals surface area (Å²) >= 11 is 0. The standard InChI is InChI=1S/C15H16O4/c1-17-11-5-6-12(13(16)9-11)10-4-7-14(18-2)15(8-10)19-3/h4-9,16H,1-3H3. The molecule has 0 radical (unpaired) electrons. The molecule has 100 valence electrons. The van der Waals surface area contributed by atoms with Gasteiger partial charge in [0.25, 0.3) is 0 Å². The first-order valence-corrected chi connectivity index (χ1v) is 5.79. The topological polar surface area (TPSA) is 47.9 Å². The van der Waals surface area contributed by atoms with E-state index in [0.29, 0.717) is 22.8 Å². The summed E-state index contributed by atoms with van der Waals surface area (Å²) in [4.78, 5) is 0. The minimum atomic E-state index is 0.159. The Kier molecular flexibility index (Phi) is 3.80. The van der Waals surface area contributed by atoms with E-state index < -0.39 is 0 Å². The van der Waals surface area contributed by atoms with Crippen molar-refractivity contribution in [2.45, 2.75) is 0 Å². The summed E-state index contributed by atoms with van der Waals surface area (Å²) in [5.41, 5.74) is 1.56. The molecule has 0 atom stereocenters. The molecular formula is C15H16O4. The molecule has 0 saturated carbocycles. The Morgan fingerprint density at radius 2 is 1.53 bits per heavy atom. The summed E-state index contributed by atoms with van der Waals surface area (Å²) in [6, 6.07) is 10.7. The third kappa shape index (κ3) is 2.57. The predicted molar refractivity (Wildman–Crippen MR) is 73.2 cm³/mol. The minimum Gasteiger partial charge on any atom is -0.507 e. The Balaban J connectivity index is 2.47. The van der Waals surface area contributed by atoms with Crippen molar-refractivity contribution in [2.75, 3.05) is 21.3 Å². The van der Waals surface area contributed by atoms with E-state index in [2.05, 4.69) is 0 Å². The lowest BCUT2D eigenvalue weighted by Crippen LogP contribution is -1.91. The van der Waals surface area contributed by atoms with Gasteiger partial charge in [-0.05, 0) is 29.8 Å². The van der Waals surface area contributed by atoms with Crippen LogP contribution in [0.25, 0.3) is 11.1 Å². The number of phenols is 1. The molecule has 19 heavy (non-hydrogen) atoms. The van der Waals surface area contributed by atoms with Gasteiger partial charge in [-0.25, -0.2) is 0 Å². The molecular weight excluding hydrogens is 244 g/mol. The lowest BCUT2D eigenvalue weighted by molar-refractivity contribution is 0.355. The van der Waals surface area contributed by atoms with Gasteiger partial charge in [-0.15, -0.1) is 0 Å². The van der Waals surface area contributed by atoms with E-state index in [-0.39, 0.29) is 5.75 Å². The van der Waals surface area contributed by atoms with Gasteiger partial charge in [-0.2, -0.15) is 0 Å². The van der Waals surface area contributed by atoms with Crippen LogP contribution in [-0.4, -0.2) is 26.4 Å². The highest BCUT2D eigenvalue weighted by Crippen LogP contribution is 2.37. The first kappa shape index (κ1) is 13.1. The molecule has 0 heterocycles. The molecule has 0 amide bonds. The van der Waals surface area contributed by atoms with Gasteiger partial charge in [0.05, 0.1) is 21.3 Å². The van der Waals surface area contributed by atoms with Crippen LogP contribution < -0.4 is 14.2 Å². The van der Waals surface area contributed by atoms with E-state index in [1.54, 1.807) is 45.6 Å². The van der Waals surface area contributed by atoms with Crippen molar-refractivity contribution in [1.29, 1.82) is 0 Å². The highest BCUT2D eigenvalue weighted by atomic mass is 16.5. The molecule has 0 bridgehead atoms. The molecule has 0 aliphatic carbocycles. The second-order valence-electron chi connectivity index (χ2n) is 3.95. The van der Waals surface area contributed by atoms with Gasteiger partial charge >= 0.3 is 0 Å². The summed E-state index contributed by atoms with van der Waals surface area (Å²) in [6.45, 7) is 0. The summed E-state index contributed by atoms with van der Waals surface area (Å²) in [6.07, 6.45) is 0. The average Bonchev–Trinajstić information content (AvgIpc) is 2.46. The van der Waals surface area contributed by atoms with E-state index in [4.69, 9.17) is 14.2 Å². The Bertz CT molecular complexity index is 578. The highest BCUT2D eigenvalue weighted by molar-refractivity contribution is 5.73. The van der Waals surface area contributed by atoms with Crippen molar-refractivity contribution in [2.24, 2.45) is 0 Å². The monoisotopic (exact) mass is 260 g/mol. The molecule has 2 rings (SSSR count).